The molecule has 0 nitrogen and oxygen atoms in total. The van der Waals surface area contributed by atoms with Crippen molar-refractivity contribution in [2.75, 3.05) is 0 Å². The van der Waals surface area contributed by atoms with Crippen LogP contribution in [0.15, 0.2) is 0 Å². The quantitative estimate of drug-likeness (QED) is 0.409. The molecule has 86 valence electrons. The summed E-state index contributed by atoms with van der Waals surface area (Å²) in [5.41, 5.74) is -5.47. The Balaban J connectivity index is 5.30. The SMILES string of the molecule is C[Si](Cl)(Cl)C(F)(F)C(F)(F)C(F)(F)F. The number of hydrogen-bond acceptors (Lipinski definition) is 0. The van der Waals surface area contributed by atoms with Gasteiger partial charge in [0.25, 0.3) is 0 Å². The Morgan fingerprint density at radius 2 is 1.14 bits per heavy atom. The van der Waals surface area contributed by atoms with Crippen molar-refractivity contribution in [2.24, 2.45) is 0 Å². The van der Waals surface area contributed by atoms with Crippen molar-refractivity contribution in [3.8, 4) is 0 Å². The second-order valence-electron chi connectivity index (χ2n) is 2.53. The van der Waals surface area contributed by atoms with Gasteiger partial charge in [-0.05, 0) is 6.55 Å². The summed E-state index contributed by atoms with van der Waals surface area (Å²) < 4.78 is 84.1. The third kappa shape index (κ3) is 2.11. The fourth-order valence-electron chi connectivity index (χ4n) is 0.454. The molecule has 0 aliphatic carbocycles. The number of hydrogen-bond donors (Lipinski definition) is 0. The molecule has 0 aliphatic heterocycles. The van der Waals surface area contributed by atoms with E-state index in [1.54, 1.807) is 0 Å². The molecule has 0 saturated heterocycles. The number of alkyl halides is 7. The molecule has 0 saturated carbocycles. The van der Waals surface area contributed by atoms with Crippen molar-refractivity contribution in [3.63, 3.8) is 0 Å². The van der Waals surface area contributed by atoms with Crippen molar-refractivity contribution in [2.45, 2.75) is 24.2 Å². The van der Waals surface area contributed by atoms with Crippen LogP contribution in [0.25, 0.3) is 0 Å². The Labute approximate surface area is 84.4 Å². The minimum atomic E-state index is -6.38. The lowest BCUT2D eigenvalue weighted by atomic mass is 10.3. The predicted octanol–water partition coefficient (Wildman–Crippen LogP) is 3.91. The van der Waals surface area contributed by atoms with Gasteiger partial charge in [-0.15, -0.1) is 22.2 Å². The molecule has 0 heterocycles. The van der Waals surface area contributed by atoms with E-state index in [1.165, 1.54) is 0 Å². The first-order chi connectivity index (χ1) is 5.75. The van der Waals surface area contributed by atoms with Gasteiger partial charge in [0.2, 0.25) is 0 Å². The van der Waals surface area contributed by atoms with Gasteiger partial charge in [-0.3, -0.25) is 0 Å². The molecule has 0 fully saturated rings. The molecule has 0 atom stereocenters. The van der Waals surface area contributed by atoms with Crippen molar-refractivity contribution in [1.29, 1.82) is 0 Å². The average molecular weight is 283 g/mol. The van der Waals surface area contributed by atoms with Crippen molar-refractivity contribution in [3.05, 3.63) is 0 Å². The van der Waals surface area contributed by atoms with E-state index in [9.17, 15) is 30.7 Å². The van der Waals surface area contributed by atoms with Gasteiger partial charge in [0.05, 0.1) is 0 Å². The molecule has 0 spiro atoms. The predicted molar refractivity (Wildman–Crippen MR) is 39.3 cm³/mol. The van der Waals surface area contributed by atoms with Crippen LogP contribution in [0.5, 0.6) is 0 Å². The zero-order valence-electron chi connectivity index (χ0n) is 6.40. The zero-order valence-corrected chi connectivity index (χ0v) is 8.91. The van der Waals surface area contributed by atoms with Crippen LogP contribution in [0.2, 0.25) is 6.55 Å². The van der Waals surface area contributed by atoms with E-state index in [0.29, 0.717) is 0 Å². The monoisotopic (exact) mass is 282 g/mol. The Hall–Kier alpha value is 0.307. The molecule has 0 aromatic carbocycles. The van der Waals surface area contributed by atoms with E-state index in [-0.39, 0.29) is 6.55 Å². The third-order valence-corrected chi connectivity index (χ3v) is 4.14. The normalized spacial score (nSPS) is 15.9. The summed E-state index contributed by atoms with van der Waals surface area (Å²) in [6.45, 7) is -4.70. The molecule has 0 aromatic heterocycles. The molecule has 0 radical (unpaired) electrons. The maximum Gasteiger partial charge on any atom is 0.459 e. The van der Waals surface area contributed by atoms with Gasteiger partial charge < -0.3 is 0 Å². The highest BCUT2D eigenvalue weighted by molar-refractivity contribution is 7.46. The van der Waals surface area contributed by atoms with E-state index in [1.807, 2.05) is 0 Å². The van der Waals surface area contributed by atoms with Crippen LogP contribution >= 0.6 is 22.2 Å². The molecule has 0 aromatic rings. The fourth-order valence-corrected chi connectivity index (χ4v) is 1.86. The second kappa shape index (κ2) is 3.41. The molecular formula is C4H3Cl2F7Si. The van der Waals surface area contributed by atoms with Crippen molar-refractivity contribution in [1.82, 2.24) is 0 Å². The molecule has 0 unspecified atom stereocenters. The highest BCUT2D eigenvalue weighted by atomic mass is 35.7. The Bertz CT molecular complexity index is 193. The first kappa shape index (κ1) is 14.3. The molecule has 14 heavy (non-hydrogen) atoms. The summed E-state index contributed by atoms with van der Waals surface area (Å²) in [5.74, 6) is -6.22. The largest absolute Gasteiger partial charge is 0.459 e. The Kier molecular flexibility index (Phi) is 3.49. The topological polar surface area (TPSA) is 0 Å². The van der Waals surface area contributed by atoms with E-state index < -0.39 is 24.3 Å². The smallest absolute Gasteiger partial charge is 0.201 e. The highest BCUT2D eigenvalue weighted by Crippen LogP contribution is 2.52. The standard InChI is InChI=1S/C4H3Cl2F7Si/c1-14(5,6)4(12,13)2(7,8)3(9,10)11/h1H3. The summed E-state index contributed by atoms with van der Waals surface area (Å²) in [7, 11) is 0. The van der Waals surface area contributed by atoms with Gasteiger partial charge in [-0.1, -0.05) is 0 Å². The van der Waals surface area contributed by atoms with Gasteiger partial charge in [0, 0.05) is 0 Å². The first-order valence-electron chi connectivity index (χ1n) is 2.95. The fraction of sp³-hybridized carbons (Fsp3) is 1.00. The second-order valence-corrected chi connectivity index (χ2v) is 10.1. The van der Waals surface area contributed by atoms with Crippen LogP contribution in [0, 0.1) is 0 Å². The number of rotatable bonds is 2. The summed E-state index contributed by atoms with van der Waals surface area (Å²) in [6.07, 6.45) is -6.38. The van der Waals surface area contributed by atoms with Crippen LogP contribution in [-0.4, -0.2) is 24.3 Å². The van der Waals surface area contributed by atoms with Crippen LogP contribution in [-0.2, 0) is 0 Å². The molecule has 0 N–H and O–H groups in total. The Morgan fingerprint density at radius 1 is 0.857 bits per heavy atom. The molecular weight excluding hydrogens is 280 g/mol. The molecule has 0 aliphatic rings. The summed E-state index contributed by atoms with van der Waals surface area (Å²) >= 11 is 9.38. The lowest BCUT2D eigenvalue weighted by Gasteiger charge is -2.32. The molecule has 0 amide bonds. The van der Waals surface area contributed by atoms with Gasteiger partial charge in [-0.2, -0.15) is 22.0 Å². The van der Waals surface area contributed by atoms with Crippen LogP contribution in [0.1, 0.15) is 0 Å². The number of halogens is 9. The maximum atomic E-state index is 12.5. The van der Waals surface area contributed by atoms with Crippen LogP contribution in [0.3, 0.4) is 0 Å². The van der Waals surface area contributed by atoms with Gasteiger partial charge in [0.1, 0.15) is 0 Å². The Morgan fingerprint density at radius 3 is 1.21 bits per heavy atom. The van der Waals surface area contributed by atoms with Gasteiger partial charge in [-0.25, -0.2) is 8.78 Å². The highest BCUT2D eigenvalue weighted by Gasteiger charge is 2.79. The lowest BCUT2D eigenvalue weighted by Crippen LogP contribution is -2.61. The lowest BCUT2D eigenvalue weighted by molar-refractivity contribution is -0.334. The van der Waals surface area contributed by atoms with E-state index >= 15 is 0 Å². The summed E-state index contributed by atoms with van der Waals surface area (Å²) in [4.78, 5) is 0. The first-order valence-corrected chi connectivity index (χ1v) is 7.47. The van der Waals surface area contributed by atoms with E-state index in [0.717, 1.165) is 0 Å². The van der Waals surface area contributed by atoms with Crippen LogP contribution < -0.4 is 0 Å². The van der Waals surface area contributed by atoms with E-state index in [2.05, 4.69) is 22.2 Å². The molecule has 10 heteroatoms. The molecule has 0 rings (SSSR count). The van der Waals surface area contributed by atoms with Crippen molar-refractivity contribution >= 4 is 28.9 Å². The van der Waals surface area contributed by atoms with Crippen LogP contribution in [0.4, 0.5) is 30.7 Å². The van der Waals surface area contributed by atoms with Gasteiger partial charge >= 0.3 is 24.3 Å². The van der Waals surface area contributed by atoms with Crippen molar-refractivity contribution < 1.29 is 30.7 Å². The minimum absolute atomic E-state index is 0.287. The van der Waals surface area contributed by atoms with E-state index in [4.69, 9.17) is 0 Å². The average Bonchev–Trinajstić information content (AvgIpc) is 1.81. The summed E-state index contributed by atoms with van der Waals surface area (Å²) in [6, 6.07) is 0. The minimum Gasteiger partial charge on any atom is -0.201 e. The maximum absolute atomic E-state index is 12.5. The van der Waals surface area contributed by atoms with Gasteiger partial charge in [0.15, 0.2) is 0 Å². The molecule has 0 bridgehead atoms. The zero-order chi connectivity index (χ0) is 12.0. The summed E-state index contributed by atoms with van der Waals surface area (Å²) in [5, 5.41) is 0. The third-order valence-electron chi connectivity index (χ3n) is 1.30.